The van der Waals surface area contributed by atoms with Crippen molar-refractivity contribution in [1.29, 1.82) is 0 Å². The first-order chi connectivity index (χ1) is 9.75. The summed E-state index contributed by atoms with van der Waals surface area (Å²) in [5.41, 5.74) is -1.72. The Hall–Kier alpha value is -1.10. The normalized spacial score (nSPS) is 33.7. The molecule has 0 aromatic rings. The van der Waals surface area contributed by atoms with E-state index in [4.69, 9.17) is 0 Å². The molecular formula is C16H28N2O3. The van der Waals surface area contributed by atoms with Gasteiger partial charge in [-0.1, -0.05) is 27.7 Å². The lowest BCUT2D eigenvalue weighted by molar-refractivity contribution is -0.136. The monoisotopic (exact) mass is 296 g/mol. The Morgan fingerprint density at radius 3 is 2.24 bits per heavy atom. The van der Waals surface area contributed by atoms with Crippen LogP contribution >= 0.6 is 0 Å². The number of urea groups is 1. The fourth-order valence-electron chi connectivity index (χ4n) is 3.99. The fourth-order valence-corrected chi connectivity index (χ4v) is 3.99. The summed E-state index contributed by atoms with van der Waals surface area (Å²) in [6.07, 6.45) is 3.56. The Kier molecular flexibility index (Phi) is 4.34. The van der Waals surface area contributed by atoms with Crippen molar-refractivity contribution in [3.05, 3.63) is 0 Å². The Morgan fingerprint density at radius 1 is 1.24 bits per heavy atom. The van der Waals surface area contributed by atoms with Crippen molar-refractivity contribution in [3.63, 3.8) is 0 Å². The molecule has 2 atom stereocenters. The van der Waals surface area contributed by atoms with Gasteiger partial charge in [0.1, 0.15) is 5.54 Å². The van der Waals surface area contributed by atoms with Gasteiger partial charge >= 0.3 is 6.03 Å². The summed E-state index contributed by atoms with van der Waals surface area (Å²) < 4.78 is 0. The van der Waals surface area contributed by atoms with Gasteiger partial charge in [0.2, 0.25) is 0 Å². The largest absolute Gasteiger partial charge is 0.388 e. The van der Waals surface area contributed by atoms with Crippen molar-refractivity contribution < 1.29 is 14.7 Å². The van der Waals surface area contributed by atoms with Crippen LogP contribution in [-0.2, 0) is 4.79 Å². The number of hydrogen-bond donors (Lipinski definition) is 2. The van der Waals surface area contributed by atoms with E-state index in [-0.39, 0.29) is 18.5 Å². The number of carbonyl (C=O) groups excluding carboxylic acids is 2. The first-order valence-corrected chi connectivity index (χ1v) is 8.11. The van der Waals surface area contributed by atoms with Gasteiger partial charge in [0.15, 0.2) is 0 Å². The molecule has 1 heterocycles. The number of aliphatic hydroxyl groups is 1. The van der Waals surface area contributed by atoms with Crippen molar-refractivity contribution in [2.75, 3.05) is 6.54 Å². The summed E-state index contributed by atoms with van der Waals surface area (Å²) in [5.74, 6) is 0.703. The number of amides is 3. The predicted molar refractivity (Wildman–Crippen MR) is 80.7 cm³/mol. The van der Waals surface area contributed by atoms with Crippen LogP contribution < -0.4 is 5.32 Å². The quantitative estimate of drug-likeness (QED) is 0.782. The molecule has 2 fully saturated rings. The molecule has 120 valence electrons. The summed E-state index contributed by atoms with van der Waals surface area (Å²) in [4.78, 5) is 26.3. The molecule has 2 unspecified atom stereocenters. The molecule has 1 spiro atoms. The van der Waals surface area contributed by atoms with Crippen molar-refractivity contribution in [2.45, 2.75) is 70.9 Å². The molecular weight excluding hydrogens is 268 g/mol. The summed E-state index contributed by atoms with van der Waals surface area (Å²) in [6, 6.07) is -0.346. The molecule has 21 heavy (non-hydrogen) atoms. The second-order valence-corrected chi connectivity index (χ2v) is 7.19. The zero-order chi connectivity index (χ0) is 15.8. The topological polar surface area (TPSA) is 69.6 Å². The highest BCUT2D eigenvalue weighted by atomic mass is 16.3. The SMILES string of the molecule is CCC(O)(CC)CN1C(=O)NC2(CC(C)CC(C)C2)C1=O. The molecule has 2 N–H and O–H groups in total. The summed E-state index contributed by atoms with van der Waals surface area (Å²) >= 11 is 0. The second-order valence-electron chi connectivity index (χ2n) is 7.19. The lowest BCUT2D eigenvalue weighted by Gasteiger charge is -2.38. The minimum absolute atomic E-state index is 0.0924. The molecule has 1 aliphatic heterocycles. The number of nitrogens with zero attached hydrogens (tertiary/aromatic N) is 1. The average molecular weight is 296 g/mol. The summed E-state index contributed by atoms with van der Waals surface area (Å²) in [6.45, 7) is 8.11. The molecule has 2 rings (SSSR count). The van der Waals surface area contributed by atoms with Gasteiger partial charge in [-0.3, -0.25) is 9.69 Å². The van der Waals surface area contributed by atoms with E-state index in [9.17, 15) is 14.7 Å². The van der Waals surface area contributed by atoms with E-state index >= 15 is 0 Å². The van der Waals surface area contributed by atoms with Gasteiger partial charge in [-0.15, -0.1) is 0 Å². The minimum Gasteiger partial charge on any atom is -0.388 e. The van der Waals surface area contributed by atoms with Crippen LogP contribution in [0.4, 0.5) is 4.79 Å². The standard InChI is InChI=1S/C16H28N2O3/c1-5-15(21,6-2)10-18-13(19)16(17-14(18)20)8-11(3)7-12(4)9-16/h11-12,21H,5-10H2,1-4H3,(H,17,20). The highest BCUT2D eigenvalue weighted by molar-refractivity contribution is 6.07. The van der Waals surface area contributed by atoms with Crippen molar-refractivity contribution >= 4 is 11.9 Å². The first kappa shape index (κ1) is 16.3. The van der Waals surface area contributed by atoms with E-state index in [1.54, 1.807) is 0 Å². The van der Waals surface area contributed by atoms with E-state index in [2.05, 4.69) is 19.2 Å². The number of imide groups is 1. The third kappa shape index (κ3) is 2.93. The summed E-state index contributed by atoms with van der Waals surface area (Å²) in [7, 11) is 0. The number of hydrogen-bond acceptors (Lipinski definition) is 3. The molecule has 5 heteroatoms. The predicted octanol–water partition coefficient (Wildman–Crippen LogP) is 2.28. The van der Waals surface area contributed by atoms with Gasteiger partial charge in [-0.2, -0.15) is 0 Å². The first-order valence-electron chi connectivity index (χ1n) is 8.11. The van der Waals surface area contributed by atoms with E-state index in [1.165, 1.54) is 4.90 Å². The molecule has 5 nitrogen and oxygen atoms in total. The third-order valence-electron chi connectivity index (χ3n) is 5.21. The molecule has 1 saturated carbocycles. The van der Waals surface area contributed by atoms with Crippen LogP contribution in [0.2, 0.25) is 0 Å². The molecule has 0 bridgehead atoms. The highest BCUT2D eigenvalue weighted by Crippen LogP contribution is 2.40. The summed E-state index contributed by atoms with van der Waals surface area (Å²) in [5, 5.41) is 13.4. The van der Waals surface area contributed by atoms with Crippen LogP contribution in [0.1, 0.15) is 59.8 Å². The maximum atomic E-state index is 12.8. The van der Waals surface area contributed by atoms with Crippen molar-refractivity contribution in [3.8, 4) is 0 Å². The maximum absolute atomic E-state index is 12.8. The van der Waals surface area contributed by atoms with Crippen LogP contribution in [-0.4, -0.2) is 39.6 Å². The Labute approximate surface area is 127 Å². The second kappa shape index (κ2) is 5.59. The van der Waals surface area contributed by atoms with E-state index in [0.717, 1.165) is 6.42 Å². The van der Waals surface area contributed by atoms with Crippen molar-refractivity contribution in [1.82, 2.24) is 10.2 Å². The van der Waals surface area contributed by atoms with E-state index in [0.29, 0.717) is 37.5 Å². The smallest absolute Gasteiger partial charge is 0.325 e. The van der Waals surface area contributed by atoms with Crippen LogP contribution in [0.15, 0.2) is 0 Å². The molecule has 2 aliphatic rings. The Bertz CT molecular complexity index is 421. The number of nitrogens with one attached hydrogen (secondary N) is 1. The zero-order valence-corrected chi connectivity index (χ0v) is 13.6. The van der Waals surface area contributed by atoms with Crippen LogP contribution in [0.3, 0.4) is 0 Å². The molecule has 1 saturated heterocycles. The number of rotatable bonds is 4. The van der Waals surface area contributed by atoms with Gasteiger partial charge < -0.3 is 10.4 Å². The van der Waals surface area contributed by atoms with Gasteiger partial charge in [0.05, 0.1) is 12.1 Å². The molecule has 0 radical (unpaired) electrons. The van der Waals surface area contributed by atoms with Crippen LogP contribution in [0.5, 0.6) is 0 Å². The Morgan fingerprint density at radius 2 is 1.76 bits per heavy atom. The molecule has 0 aromatic heterocycles. The van der Waals surface area contributed by atoms with Crippen molar-refractivity contribution in [2.24, 2.45) is 11.8 Å². The number of carbonyl (C=O) groups is 2. The third-order valence-corrected chi connectivity index (χ3v) is 5.21. The fraction of sp³-hybridized carbons (Fsp3) is 0.875. The average Bonchev–Trinajstić information content (AvgIpc) is 2.61. The molecule has 3 amide bonds. The maximum Gasteiger partial charge on any atom is 0.325 e. The van der Waals surface area contributed by atoms with Gasteiger partial charge in [-0.25, -0.2) is 4.79 Å². The lowest BCUT2D eigenvalue weighted by atomic mass is 9.71. The van der Waals surface area contributed by atoms with Gasteiger partial charge in [0, 0.05) is 0 Å². The van der Waals surface area contributed by atoms with Gasteiger partial charge in [-0.05, 0) is 43.9 Å². The highest BCUT2D eigenvalue weighted by Gasteiger charge is 2.54. The lowest BCUT2D eigenvalue weighted by Crippen LogP contribution is -2.52. The van der Waals surface area contributed by atoms with E-state index in [1.807, 2.05) is 13.8 Å². The number of β-amino-alcohol motifs (C(OH)–C–C–N with tert-alkyl or cyclic N) is 1. The molecule has 0 aromatic carbocycles. The van der Waals surface area contributed by atoms with Crippen LogP contribution in [0, 0.1) is 11.8 Å². The van der Waals surface area contributed by atoms with Crippen LogP contribution in [0.25, 0.3) is 0 Å². The zero-order valence-electron chi connectivity index (χ0n) is 13.6. The van der Waals surface area contributed by atoms with Gasteiger partial charge in [0.25, 0.3) is 5.91 Å². The Balaban J connectivity index is 2.20. The van der Waals surface area contributed by atoms with E-state index < -0.39 is 11.1 Å². The molecule has 1 aliphatic carbocycles. The minimum atomic E-state index is -0.982.